The van der Waals surface area contributed by atoms with Gasteiger partial charge in [-0.1, -0.05) is 0 Å². The summed E-state index contributed by atoms with van der Waals surface area (Å²) in [5.74, 6) is -0.231. The van der Waals surface area contributed by atoms with Crippen molar-refractivity contribution in [2.45, 2.75) is 0 Å². The number of hydrogen-bond donors (Lipinski definition) is 0. The minimum absolute atomic E-state index is 0.376. The molecule has 0 heterocycles. The highest BCUT2D eigenvalue weighted by Gasteiger charge is 2.12. The molecule has 0 radical (unpaired) electrons. The van der Waals surface area contributed by atoms with Crippen LogP contribution in [0.3, 0.4) is 0 Å². The number of ketones is 1. The lowest BCUT2D eigenvalue weighted by Crippen LogP contribution is -2.14. The average molecular weight is 228 g/mol. The molecule has 1 aromatic carbocycles. The van der Waals surface area contributed by atoms with Gasteiger partial charge in [-0.2, -0.15) is 0 Å². The zero-order valence-corrected chi connectivity index (χ0v) is 9.37. The van der Waals surface area contributed by atoms with E-state index in [0.29, 0.717) is 11.3 Å². The number of carbonyl (C=O) groups is 1. The molecule has 0 saturated heterocycles. The van der Waals surface area contributed by atoms with Gasteiger partial charge in [-0.25, -0.2) is 8.42 Å². The lowest BCUT2D eigenvalue weighted by molar-refractivity contribution is 0.102. The lowest BCUT2D eigenvalue weighted by Gasteiger charge is -2.01. The molecule has 0 unspecified atom stereocenters. The summed E-state index contributed by atoms with van der Waals surface area (Å²) in [4.78, 5) is 11.4. The zero-order valence-electron chi connectivity index (χ0n) is 8.56. The average Bonchev–Trinajstić information content (AvgIpc) is 2.15. The Morgan fingerprint density at radius 1 is 1.27 bits per heavy atom. The van der Waals surface area contributed by atoms with Gasteiger partial charge in [0, 0.05) is 11.8 Å². The largest absolute Gasteiger partial charge is 0.497 e. The zero-order chi connectivity index (χ0) is 11.5. The molecule has 0 aliphatic rings. The molecular weight excluding hydrogens is 216 g/mol. The Kier molecular flexibility index (Phi) is 3.47. The molecule has 0 aliphatic carbocycles. The van der Waals surface area contributed by atoms with E-state index < -0.39 is 21.4 Å². The van der Waals surface area contributed by atoms with Crippen molar-refractivity contribution in [3.63, 3.8) is 0 Å². The van der Waals surface area contributed by atoms with Crippen molar-refractivity contribution in [1.82, 2.24) is 0 Å². The molecule has 0 fully saturated rings. The van der Waals surface area contributed by atoms with E-state index in [9.17, 15) is 13.2 Å². The van der Waals surface area contributed by atoms with Gasteiger partial charge in [0.2, 0.25) is 0 Å². The summed E-state index contributed by atoms with van der Waals surface area (Å²) in [6.07, 6.45) is 1.04. The Hall–Kier alpha value is -1.36. The molecule has 0 atom stereocenters. The van der Waals surface area contributed by atoms with Crippen LogP contribution in [0.4, 0.5) is 0 Å². The van der Waals surface area contributed by atoms with Crippen molar-refractivity contribution < 1.29 is 17.9 Å². The third-order valence-electron chi connectivity index (χ3n) is 1.81. The molecule has 82 valence electrons. The van der Waals surface area contributed by atoms with Gasteiger partial charge in [0.15, 0.2) is 15.6 Å². The molecule has 0 amide bonds. The molecule has 1 aromatic rings. The maximum absolute atomic E-state index is 11.4. The van der Waals surface area contributed by atoms with Crippen LogP contribution >= 0.6 is 0 Å². The third kappa shape index (κ3) is 3.71. The summed E-state index contributed by atoms with van der Waals surface area (Å²) < 4.78 is 26.7. The summed E-state index contributed by atoms with van der Waals surface area (Å²) in [7, 11) is -1.75. The third-order valence-corrected chi connectivity index (χ3v) is 2.59. The van der Waals surface area contributed by atoms with Crippen molar-refractivity contribution >= 4 is 15.6 Å². The van der Waals surface area contributed by atoms with Crippen LogP contribution < -0.4 is 4.74 Å². The highest BCUT2D eigenvalue weighted by atomic mass is 32.2. The van der Waals surface area contributed by atoms with E-state index in [-0.39, 0.29) is 0 Å². The number of benzene rings is 1. The highest BCUT2D eigenvalue weighted by molar-refractivity contribution is 7.91. The second kappa shape index (κ2) is 4.44. The predicted molar refractivity (Wildman–Crippen MR) is 57.0 cm³/mol. The number of Topliss-reactive ketones (excluding diaryl/α,β-unsaturated/α-hetero) is 1. The van der Waals surface area contributed by atoms with Gasteiger partial charge in [-0.15, -0.1) is 0 Å². The summed E-state index contributed by atoms with van der Waals surface area (Å²) in [6, 6.07) is 6.34. The van der Waals surface area contributed by atoms with E-state index in [1.165, 1.54) is 7.11 Å². The Balaban J connectivity index is 2.84. The van der Waals surface area contributed by atoms with E-state index >= 15 is 0 Å². The topological polar surface area (TPSA) is 60.4 Å². The van der Waals surface area contributed by atoms with Gasteiger partial charge in [0.25, 0.3) is 0 Å². The van der Waals surface area contributed by atoms with Crippen LogP contribution in [-0.4, -0.2) is 33.3 Å². The van der Waals surface area contributed by atoms with E-state index in [1.54, 1.807) is 24.3 Å². The van der Waals surface area contributed by atoms with Gasteiger partial charge >= 0.3 is 0 Å². The summed E-state index contributed by atoms with van der Waals surface area (Å²) >= 11 is 0. The molecule has 4 nitrogen and oxygen atoms in total. The van der Waals surface area contributed by atoms with Crippen LogP contribution in [-0.2, 0) is 9.84 Å². The van der Waals surface area contributed by atoms with Crippen LogP contribution in [0, 0.1) is 0 Å². The first-order valence-corrected chi connectivity index (χ1v) is 6.33. The smallest absolute Gasteiger partial charge is 0.177 e. The molecule has 5 heteroatoms. The van der Waals surface area contributed by atoms with Crippen LogP contribution in [0.1, 0.15) is 10.4 Å². The van der Waals surface area contributed by atoms with Gasteiger partial charge in [-0.3, -0.25) is 4.79 Å². The van der Waals surface area contributed by atoms with Crippen LogP contribution in [0.5, 0.6) is 5.75 Å². The number of hydrogen-bond acceptors (Lipinski definition) is 4. The fourth-order valence-corrected chi connectivity index (χ4v) is 1.74. The Morgan fingerprint density at radius 2 is 1.80 bits per heavy atom. The predicted octanol–water partition coefficient (Wildman–Crippen LogP) is 0.922. The second-order valence-corrected chi connectivity index (χ2v) is 5.36. The first-order valence-electron chi connectivity index (χ1n) is 4.27. The monoisotopic (exact) mass is 228 g/mol. The Labute approximate surface area is 88.8 Å². The fraction of sp³-hybridized carbons (Fsp3) is 0.300. The van der Waals surface area contributed by atoms with Crippen molar-refractivity contribution in [2.75, 3.05) is 19.1 Å². The van der Waals surface area contributed by atoms with Crippen molar-refractivity contribution in [3.8, 4) is 5.75 Å². The number of carbonyl (C=O) groups excluding carboxylic acids is 1. The van der Waals surface area contributed by atoms with Gasteiger partial charge < -0.3 is 4.74 Å². The van der Waals surface area contributed by atoms with Gasteiger partial charge in [-0.05, 0) is 24.3 Å². The molecule has 0 bridgehead atoms. The van der Waals surface area contributed by atoms with E-state index in [0.717, 1.165) is 6.26 Å². The molecular formula is C10H12O4S. The first-order chi connectivity index (χ1) is 6.92. The minimum Gasteiger partial charge on any atom is -0.497 e. The van der Waals surface area contributed by atoms with Crippen LogP contribution in [0.2, 0.25) is 0 Å². The molecule has 0 aromatic heterocycles. The van der Waals surface area contributed by atoms with Crippen molar-refractivity contribution in [1.29, 1.82) is 0 Å². The summed E-state index contributed by atoms with van der Waals surface area (Å²) in [5, 5.41) is 0. The SMILES string of the molecule is COc1ccc(C(=O)CS(C)(=O)=O)cc1. The van der Waals surface area contributed by atoms with Crippen LogP contribution in [0.25, 0.3) is 0 Å². The number of sulfone groups is 1. The van der Waals surface area contributed by atoms with Gasteiger partial charge in [0.1, 0.15) is 11.5 Å². The molecule has 0 aliphatic heterocycles. The Bertz CT molecular complexity index is 445. The molecule has 1 rings (SSSR count). The van der Waals surface area contributed by atoms with E-state index in [2.05, 4.69) is 0 Å². The van der Waals surface area contributed by atoms with Crippen molar-refractivity contribution in [3.05, 3.63) is 29.8 Å². The maximum atomic E-state index is 11.4. The van der Waals surface area contributed by atoms with Gasteiger partial charge in [0.05, 0.1) is 7.11 Å². The highest BCUT2D eigenvalue weighted by Crippen LogP contribution is 2.12. The lowest BCUT2D eigenvalue weighted by atomic mass is 10.1. The molecule has 0 saturated carbocycles. The van der Waals surface area contributed by atoms with Crippen molar-refractivity contribution in [2.24, 2.45) is 0 Å². The summed E-state index contributed by atoms with van der Waals surface area (Å²) in [5.41, 5.74) is 0.376. The normalized spacial score (nSPS) is 11.1. The summed E-state index contributed by atoms with van der Waals surface area (Å²) in [6.45, 7) is 0. The van der Waals surface area contributed by atoms with E-state index in [4.69, 9.17) is 4.74 Å². The number of ether oxygens (including phenoxy) is 1. The number of methoxy groups -OCH3 is 1. The standard InChI is InChI=1S/C10H12O4S/c1-14-9-5-3-8(4-6-9)10(11)7-15(2,12)13/h3-6H,7H2,1-2H3. The minimum atomic E-state index is -3.27. The van der Waals surface area contributed by atoms with Crippen LogP contribution in [0.15, 0.2) is 24.3 Å². The second-order valence-electron chi connectivity index (χ2n) is 3.22. The molecule has 15 heavy (non-hydrogen) atoms. The fourth-order valence-electron chi connectivity index (χ4n) is 1.10. The quantitative estimate of drug-likeness (QED) is 0.719. The van der Waals surface area contributed by atoms with E-state index in [1.807, 2.05) is 0 Å². The number of rotatable bonds is 4. The Morgan fingerprint density at radius 3 is 2.20 bits per heavy atom. The maximum Gasteiger partial charge on any atom is 0.177 e. The molecule has 0 N–H and O–H groups in total. The first kappa shape index (κ1) is 11.7. The molecule has 0 spiro atoms.